The van der Waals surface area contributed by atoms with E-state index in [1.54, 1.807) is 31.6 Å². The summed E-state index contributed by atoms with van der Waals surface area (Å²) in [5, 5.41) is 3.97. The predicted molar refractivity (Wildman–Crippen MR) is 127 cm³/mol. The fourth-order valence-electron chi connectivity index (χ4n) is 3.44. The van der Waals surface area contributed by atoms with Gasteiger partial charge in [0.2, 0.25) is 5.91 Å². The monoisotopic (exact) mass is 438 g/mol. The summed E-state index contributed by atoms with van der Waals surface area (Å²) < 4.78 is 11.6. The van der Waals surface area contributed by atoms with Crippen molar-refractivity contribution in [2.75, 3.05) is 57.7 Å². The summed E-state index contributed by atoms with van der Waals surface area (Å²) in [6.07, 6.45) is 3.25. The average molecular weight is 439 g/mol. The van der Waals surface area contributed by atoms with Crippen LogP contribution in [0.1, 0.15) is 5.56 Å². The summed E-state index contributed by atoms with van der Waals surface area (Å²) >= 11 is 1.67. The second-order valence-corrected chi connectivity index (χ2v) is 8.42. The summed E-state index contributed by atoms with van der Waals surface area (Å²) in [6.45, 7) is 4.06. The molecule has 7 nitrogen and oxygen atoms in total. The standard InChI is InChI=1S/C23H26N4O3S/c1-26-10-12-27(13-11-26)23-25-18-7-6-17(15-21(18)31-23)24-22(28)9-5-16-4-8-19(29-2)20(14-16)30-3/h4-9,14-15H,10-13H2,1-3H3,(H,24,28). The third-order valence-corrected chi connectivity index (χ3v) is 6.33. The number of amides is 1. The lowest BCUT2D eigenvalue weighted by atomic mass is 10.2. The van der Waals surface area contributed by atoms with Crippen molar-refractivity contribution in [2.45, 2.75) is 0 Å². The molecule has 8 heteroatoms. The molecule has 0 spiro atoms. The second-order valence-electron chi connectivity index (χ2n) is 7.41. The van der Waals surface area contributed by atoms with Crippen LogP contribution in [0.25, 0.3) is 16.3 Å². The van der Waals surface area contributed by atoms with E-state index in [9.17, 15) is 4.79 Å². The van der Waals surface area contributed by atoms with E-state index in [-0.39, 0.29) is 5.91 Å². The number of hydrogen-bond acceptors (Lipinski definition) is 7. The number of anilines is 2. The lowest BCUT2D eigenvalue weighted by molar-refractivity contribution is -0.111. The molecule has 0 aliphatic carbocycles. The van der Waals surface area contributed by atoms with E-state index in [4.69, 9.17) is 14.5 Å². The number of rotatable bonds is 6. The fraction of sp³-hybridized carbons (Fsp3) is 0.304. The van der Waals surface area contributed by atoms with Crippen LogP contribution in [-0.2, 0) is 4.79 Å². The third-order valence-electron chi connectivity index (χ3n) is 5.25. The van der Waals surface area contributed by atoms with Gasteiger partial charge in [-0.25, -0.2) is 4.98 Å². The zero-order valence-corrected chi connectivity index (χ0v) is 18.7. The van der Waals surface area contributed by atoms with Crippen LogP contribution in [-0.4, -0.2) is 63.2 Å². The number of piperazine rings is 1. The van der Waals surface area contributed by atoms with Gasteiger partial charge in [-0.05, 0) is 49.0 Å². The molecule has 1 N–H and O–H groups in total. The van der Waals surface area contributed by atoms with Crippen molar-refractivity contribution < 1.29 is 14.3 Å². The van der Waals surface area contributed by atoms with Gasteiger partial charge >= 0.3 is 0 Å². The van der Waals surface area contributed by atoms with Gasteiger partial charge in [-0.1, -0.05) is 17.4 Å². The number of aromatic nitrogens is 1. The topological polar surface area (TPSA) is 66.9 Å². The Labute approximate surface area is 185 Å². The number of likely N-dealkylation sites (N-methyl/N-ethyl adjacent to an activating group) is 1. The highest BCUT2D eigenvalue weighted by Gasteiger charge is 2.17. The van der Waals surface area contributed by atoms with Crippen LogP contribution >= 0.6 is 11.3 Å². The van der Waals surface area contributed by atoms with E-state index in [1.165, 1.54) is 6.08 Å². The van der Waals surface area contributed by atoms with Crippen molar-refractivity contribution in [3.8, 4) is 11.5 Å². The molecule has 162 valence electrons. The molecule has 3 aromatic rings. The summed E-state index contributed by atoms with van der Waals surface area (Å²) in [4.78, 5) is 21.8. The maximum Gasteiger partial charge on any atom is 0.248 e. The van der Waals surface area contributed by atoms with Crippen molar-refractivity contribution in [1.29, 1.82) is 0 Å². The Balaban J connectivity index is 1.43. The first kappa shape index (κ1) is 21.1. The summed E-state index contributed by atoms with van der Waals surface area (Å²) in [6, 6.07) is 11.3. The van der Waals surface area contributed by atoms with Crippen molar-refractivity contribution in [3.63, 3.8) is 0 Å². The third kappa shape index (κ3) is 4.98. The summed E-state index contributed by atoms with van der Waals surface area (Å²) in [7, 11) is 5.32. The number of hydrogen-bond donors (Lipinski definition) is 1. The van der Waals surface area contributed by atoms with Crippen LogP contribution < -0.4 is 19.7 Å². The van der Waals surface area contributed by atoms with Gasteiger partial charge in [0.15, 0.2) is 16.6 Å². The van der Waals surface area contributed by atoms with Crippen LogP contribution in [0.15, 0.2) is 42.5 Å². The quantitative estimate of drug-likeness (QED) is 0.592. The number of carbonyl (C=O) groups excluding carboxylic acids is 1. The second kappa shape index (κ2) is 9.36. The first-order valence-electron chi connectivity index (χ1n) is 10.1. The van der Waals surface area contributed by atoms with Crippen molar-refractivity contribution >= 4 is 44.4 Å². The molecule has 2 aromatic carbocycles. The highest BCUT2D eigenvalue weighted by molar-refractivity contribution is 7.22. The Kier molecular flexibility index (Phi) is 6.39. The zero-order valence-electron chi connectivity index (χ0n) is 17.9. The van der Waals surface area contributed by atoms with Gasteiger partial charge in [0.1, 0.15) is 0 Å². The van der Waals surface area contributed by atoms with Crippen LogP contribution in [0.4, 0.5) is 10.8 Å². The Morgan fingerprint density at radius 2 is 1.84 bits per heavy atom. The molecule has 31 heavy (non-hydrogen) atoms. The van der Waals surface area contributed by atoms with Crippen LogP contribution in [0.3, 0.4) is 0 Å². The highest BCUT2D eigenvalue weighted by atomic mass is 32.1. The minimum absolute atomic E-state index is 0.196. The Morgan fingerprint density at radius 1 is 1.06 bits per heavy atom. The van der Waals surface area contributed by atoms with Crippen LogP contribution in [0, 0.1) is 0 Å². The number of nitrogens with zero attached hydrogens (tertiary/aromatic N) is 3. The normalized spacial score (nSPS) is 14.9. The fourth-order valence-corrected chi connectivity index (χ4v) is 4.49. The van der Waals surface area contributed by atoms with E-state index < -0.39 is 0 Å². The summed E-state index contributed by atoms with van der Waals surface area (Å²) in [5.41, 5.74) is 2.56. The van der Waals surface area contributed by atoms with E-state index in [2.05, 4.69) is 22.2 Å². The molecule has 0 unspecified atom stereocenters. The van der Waals surface area contributed by atoms with Crippen molar-refractivity contribution in [3.05, 3.63) is 48.0 Å². The van der Waals surface area contributed by atoms with Gasteiger partial charge < -0.3 is 24.6 Å². The molecule has 0 radical (unpaired) electrons. The van der Waals surface area contributed by atoms with E-state index >= 15 is 0 Å². The molecule has 0 bridgehead atoms. The molecule has 1 aromatic heterocycles. The Morgan fingerprint density at radius 3 is 2.58 bits per heavy atom. The first-order valence-corrected chi connectivity index (χ1v) is 10.9. The molecule has 0 atom stereocenters. The zero-order chi connectivity index (χ0) is 21.8. The molecule has 1 amide bonds. The van der Waals surface area contributed by atoms with Gasteiger partial charge in [0.25, 0.3) is 0 Å². The molecule has 0 saturated carbocycles. The first-order chi connectivity index (χ1) is 15.1. The number of methoxy groups -OCH3 is 2. The van der Waals surface area contributed by atoms with Gasteiger partial charge in [0.05, 0.1) is 24.4 Å². The minimum atomic E-state index is -0.196. The summed E-state index contributed by atoms with van der Waals surface area (Å²) in [5.74, 6) is 1.08. The molecule has 1 aliphatic heterocycles. The molecular formula is C23H26N4O3S. The number of nitrogens with one attached hydrogen (secondary N) is 1. The maximum absolute atomic E-state index is 12.4. The smallest absolute Gasteiger partial charge is 0.248 e. The van der Waals surface area contributed by atoms with Crippen molar-refractivity contribution in [2.24, 2.45) is 0 Å². The van der Waals surface area contributed by atoms with Gasteiger partial charge in [-0.3, -0.25) is 4.79 Å². The number of carbonyl (C=O) groups is 1. The SMILES string of the molecule is COc1ccc(C=CC(=O)Nc2ccc3nc(N4CCN(C)CC4)sc3c2)cc1OC. The van der Waals surface area contributed by atoms with E-state index in [0.717, 1.165) is 52.8 Å². The molecular weight excluding hydrogens is 412 g/mol. The molecule has 4 rings (SSSR count). The molecule has 1 saturated heterocycles. The van der Waals surface area contributed by atoms with Crippen LogP contribution in [0.5, 0.6) is 11.5 Å². The van der Waals surface area contributed by atoms with Gasteiger partial charge in [-0.2, -0.15) is 0 Å². The number of ether oxygens (including phenoxy) is 2. The highest BCUT2D eigenvalue weighted by Crippen LogP contribution is 2.31. The van der Waals surface area contributed by atoms with Crippen molar-refractivity contribution in [1.82, 2.24) is 9.88 Å². The average Bonchev–Trinajstić information content (AvgIpc) is 3.21. The van der Waals surface area contributed by atoms with E-state index in [0.29, 0.717) is 11.5 Å². The Bertz CT molecular complexity index is 1100. The maximum atomic E-state index is 12.4. The number of fused-ring (bicyclic) bond motifs is 1. The largest absolute Gasteiger partial charge is 0.493 e. The van der Waals surface area contributed by atoms with E-state index in [1.807, 2.05) is 36.4 Å². The molecule has 1 fully saturated rings. The lowest BCUT2D eigenvalue weighted by Gasteiger charge is -2.31. The number of thiazole rings is 1. The van der Waals surface area contributed by atoms with Gasteiger partial charge in [0, 0.05) is 37.9 Å². The van der Waals surface area contributed by atoms with Gasteiger partial charge in [-0.15, -0.1) is 0 Å². The Hall–Kier alpha value is -3.10. The predicted octanol–water partition coefficient (Wildman–Crippen LogP) is 3.72. The lowest BCUT2D eigenvalue weighted by Crippen LogP contribution is -2.44. The minimum Gasteiger partial charge on any atom is -0.493 e. The van der Waals surface area contributed by atoms with Crippen LogP contribution in [0.2, 0.25) is 0 Å². The molecule has 2 heterocycles. The number of benzene rings is 2. The molecule has 1 aliphatic rings.